The van der Waals surface area contributed by atoms with Crippen LogP contribution >= 0.6 is 23.2 Å². The van der Waals surface area contributed by atoms with Gasteiger partial charge in [-0.05, 0) is 48.2 Å². The van der Waals surface area contributed by atoms with E-state index in [4.69, 9.17) is 27.9 Å². The fraction of sp³-hybridized carbons (Fsp3) is 0.417. The SMILES string of the molecule is COC(=O)CC1(c2ccc(Cl)c(NC(=O)C(c3ccc(Cl)cc3)[C@@H](C)C(F)(F)F)c2)CCC1. The van der Waals surface area contributed by atoms with E-state index in [1.807, 2.05) is 0 Å². The van der Waals surface area contributed by atoms with Crippen LogP contribution in [0.25, 0.3) is 0 Å². The number of amides is 1. The number of halogens is 5. The third-order valence-corrected chi connectivity index (χ3v) is 6.97. The predicted molar refractivity (Wildman–Crippen MR) is 122 cm³/mol. The summed E-state index contributed by atoms with van der Waals surface area (Å²) in [7, 11) is 1.32. The van der Waals surface area contributed by atoms with Crippen molar-refractivity contribution in [1.29, 1.82) is 0 Å². The van der Waals surface area contributed by atoms with Crippen LogP contribution in [-0.4, -0.2) is 25.2 Å². The molecule has 2 atom stereocenters. The Balaban J connectivity index is 1.93. The Morgan fingerprint density at radius 3 is 2.27 bits per heavy atom. The Hall–Kier alpha value is -2.25. The minimum Gasteiger partial charge on any atom is -0.469 e. The molecule has 1 saturated carbocycles. The van der Waals surface area contributed by atoms with E-state index >= 15 is 0 Å². The first-order valence-electron chi connectivity index (χ1n) is 10.5. The molecule has 1 fully saturated rings. The standard InChI is InChI=1S/C24H24Cl2F3NO3/c1-14(24(27,28)29)21(15-4-7-17(25)8-5-15)22(32)30-19-12-16(6-9-18(19)26)23(10-3-11-23)13-20(31)33-2/h4-9,12,14,21H,3,10-11,13H2,1-2H3,(H,30,32)/t14-,21?/m1/s1. The number of carbonyl (C=O) groups excluding carboxylic acids is 2. The molecule has 0 aromatic heterocycles. The average Bonchev–Trinajstić information content (AvgIpc) is 2.73. The molecule has 1 amide bonds. The molecule has 3 rings (SSSR count). The Morgan fingerprint density at radius 2 is 1.76 bits per heavy atom. The van der Waals surface area contributed by atoms with Crippen molar-refractivity contribution in [3.8, 4) is 0 Å². The normalized spacial score (nSPS) is 16.9. The topological polar surface area (TPSA) is 55.4 Å². The monoisotopic (exact) mass is 501 g/mol. The lowest BCUT2D eigenvalue weighted by molar-refractivity contribution is -0.178. The van der Waals surface area contributed by atoms with Gasteiger partial charge in [-0.15, -0.1) is 0 Å². The summed E-state index contributed by atoms with van der Waals surface area (Å²) >= 11 is 12.1. The zero-order chi connectivity index (χ0) is 24.4. The number of nitrogens with one attached hydrogen (secondary N) is 1. The van der Waals surface area contributed by atoms with E-state index in [2.05, 4.69) is 5.32 Å². The van der Waals surface area contributed by atoms with Crippen molar-refractivity contribution in [1.82, 2.24) is 0 Å². The first-order valence-corrected chi connectivity index (χ1v) is 11.2. The van der Waals surface area contributed by atoms with Crippen LogP contribution in [0.4, 0.5) is 18.9 Å². The van der Waals surface area contributed by atoms with Gasteiger partial charge in [0.1, 0.15) is 0 Å². The fourth-order valence-corrected chi connectivity index (χ4v) is 4.50. The van der Waals surface area contributed by atoms with Crippen molar-refractivity contribution >= 4 is 40.8 Å². The molecule has 1 aliphatic carbocycles. The van der Waals surface area contributed by atoms with Crippen molar-refractivity contribution < 1.29 is 27.5 Å². The highest BCUT2D eigenvalue weighted by molar-refractivity contribution is 6.33. The zero-order valence-electron chi connectivity index (χ0n) is 18.1. The number of anilines is 1. The number of alkyl halides is 3. The number of ether oxygens (including phenoxy) is 1. The van der Waals surface area contributed by atoms with E-state index in [1.54, 1.807) is 18.2 Å². The van der Waals surface area contributed by atoms with Crippen LogP contribution in [0.1, 0.15) is 49.7 Å². The van der Waals surface area contributed by atoms with Crippen LogP contribution in [0, 0.1) is 5.92 Å². The van der Waals surface area contributed by atoms with Gasteiger partial charge in [-0.2, -0.15) is 13.2 Å². The zero-order valence-corrected chi connectivity index (χ0v) is 19.7. The van der Waals surface area contributed by atoms with Crippen molar-refractivity contribution in [2.24, 2.45) is 5.92 Å². The van der Waals surface area contributed by atoms with Crippen LogP contribution in [0.2, 0.25) is 10.0 Å². The number of hydrogen-bond acceptors (Lipinski definition) is 3. The minimum absolute atomic E-state index is 0.178. The molecule has 1 unspecified atom stereocenters. The van der Waals surface area contributed by atoms with E-state index in [0.717, 1.165) is 31.7 Å². The lowest BCUT2D eigenvalue weighted by Gasteiger charge is -2.42. The van der Waals surface area contributed by atoms with Gasteiger partial charge in [-0.3, -0.25) is 9.59 Å². The summed E-state index contributed by atoms with van der Waals surface area (Å²) in [6.07, 6.45) is -1.96. The molecule has 2 aromatic rings. The molecule has 0 aliphatic heterocycles. The van der Waals surface area contributed by atoms with E-state index in [-0.39, 0.29) is 28.7 Å². The quantitative estimate of drug-likeness (QED) is 0.419. The molecule has 1 aliphatic rings. The van der Waals surface area contributed by atoms with Crippen LogP contribution in [0.5, 0.6) is 0 Å². The van der Waals surface area contributed by atoms with Gasteiger partial charge in [0.15, 0.2) is 0 Å². The predicted octanol–water partition coefficient (Wildman–Crippen LogP) is 6.90. The number of methoxy groups -OCH3 is 1. The third-order valence-electron chi connectivity index (χ3n) is 6.39. The second kappa shape index (κ2) is 9.94. The summed E-state index contributed by atoms with van der Waals surface area (Å²) in [6.45, 7) is 0.969. The van der Waals surface area contributed by atoms with Crippen LogP contribution < -0.4 is 5.32 Å². The first kappa shape index (κ1) is 25.4. The molecule has 0 spiro atoms. The largest absolute Gasteiger partial charge is 0.469 e. The molecule has 178 valence electrons. The lowest BCUT2D eigenvalue weighted by Crippen LogP contribution is -2.37. The Bertz CT molecular complexity index is 1020. The molecule has 0 bridgehead atoms. The maximum absolute atomic E-state index is 13.6. The second-order valence-corrected chi connectivity index (χ2v) is 9.27. The van der Waals surface area contributed by atoms with Gasteiger partial charge in [0.2, 0.25) is 5.91 Å². The smallest absolute Gasteiger partial charge is 0.392 e. The van der Waals surface area contributed by atoms with Gasteiger partial charge < -0.3 is 10.1 Å². The third kappa shape index (κ3) is 5.64. The summed E-state index contributed by atoms with van der Waals surface area (Å²) in [5, 5.41) is 3.12. The van der Waals surface area contributed by atoms with Gasteiger partial charge in [0, 0.05) is 10.4 Å². The Kier molecular flexibility index (Phi) is 7.64. The molecule has 0 saturated heterocycles. The molecule has 1 N–H and O–H groups in total. The average molecular weight is 502 g/mol. The first-order chi connectivity index (χ1) is 15.5. The molecular weight excluding hydrogens is 478 g/mol. The van der Waals surface area contributed by atoms with Crippen molar-refractivity contribution in [3.63, 3.8) is 0 Å². The molecule has 4 nitrogen and oxygen atoms in total. The summed E-state index contributed by atoms with van der Waals surface area (Å²) in [6, 6.07) is 10.7. The van der Waals surface area contributed by atoms with Gasteiger partial charge >= 0.3 is 12.1 Å². The highest BCUT2D eigenvalue weighted by atomic mass is 35.5. The number of benzene rings is 2. The summed E-state index contributed by atoms with van der Waals surface area (Å²) in [5.74, 6) is -4.64. The van der Waals surface area contributed by atoms with Crippen molar-refractivity contribution in [2.45, 2.75) is 50.1 Å². The van der Waals surface area contributed by atoms with E-state index < -0.39 is 29.3 Å². The van der Waals surface area contributed by atoms with Gasteiger partial charge in [0.25, 0.3) is 0 Å². The van der Waals surface area contributed by atoms with Crippen LogP contribution in [-0.2, 0) is 19.7 Å². The van der Waals surface area contributed by atoms with Crippen molar-refractivity contribution in [2.75, 3.05) is 12.4 Å². The second-order valence-electron chi connectivity index (χ2n) is 8.43. The molecule has 9 heteroatoms. The van der Waals surface area contributed by atoms with E-state index in [9.17, 15) is 22.8 Å². The highest BCUT2D eigenvalue weighted by Crippen LogP contribution is 2.48. The number of rotatable bonds is 7. The summed E-state index contributed by atoms with van der Waals surface area (Å²) < 4.78 is 45.6. The fourth-order valence-electron chi connectivity index (χ4n) is 4.21. The number of carbonyl (C=O) groups is 2. The molecule has 0 heterocycles. The maximum atomic E-state index is 13.6. The van der Waals surface area contributed by atoms with Gasteiger partial charge in [0.05, 0.1) is 36.1 Å². The molecule has 0 radical (unpaired) electrons. The molecule has 2 aromatic carbocycles. The van der Waals surface area contributed by atoms with Gasteiger partial charge in [-0.25, -0.2) is 0 Å². The van der Waals surface area contributed by atoms with Crippen molar-refractivity contribution in [3.05, 3.63) is 63.6 Å². The Labute approximate surface area is 200 Å². The van der Waals surface area contributed by atoms with E-state index in [0.29, 0.717) is 5.02 Å². The summed E-state index contributed by atoms with van der Waals surface area (Å²) in [5.41, 5.74) is 0.732. The van der Waals surface area contributed by atoms with Crippen LogP contribution in [0.15, 0.2) is 42.5 Å². The molecule has 33 heavy (non-hydrogen) atoms. The van der Waals surface area contributed by atoms with Crippen LogP contribution in [0.3, 0.4) is 0 Å². The van der Waals surface area contributed by atoms with E-state index in [1.165, 1.54) is 31.4 Å². The number of esters is 1. The highest BCUT2D eigenvalue weighted by Gasteiger charge is 2.45. The summed E-state index contributed by atoms with van der Waals surface area (Å²) in [4.78, 5) is 25.1. The Morgan fingerprint density at radius 1 is 1.12 bits per heavy atom. The minimum atomic E-state index is -4.59. The molecular formula is C24H24Cl2F3NO3. The lowest BCUT2D eigenvalue weighted by atomic mass is 9.62. The maximum Gasteiger partial charge on any atom is 0.392 e. The number of hydrogen-bond donors (Lipinski definition) is 1. The van der Waals surface area contributed by atoms with Gasteiger partial charge in [-0.1, -0.05) is 54.7 Å².